The van der Waals surface area contributed by atoms with Gasteiger partial charge in [-0.3, -0.25) is 9.10 Å². The first kappa shape index (κ1) is 19.2. The summed E-state index contributed by atoms with van der Waals surface area (Å²) in [6, 6.07) is 14.9. The van der Waals surface area contributed by atoms with E-state index in [-0.39, 0.29) is 12.5 Å². The molecule has 7 heteroatoms. The van der Waals surface area contributed by atoms with Crippen molar-refractivity contribution in [1.82, 2.24) is 4.90 Å². The van der Waals surface area contributed by atoms with E-state index in [1.807, 2.05) is 12.1 Å². The molecule has 0 saturated carbocycles. The summed E-state index contributed by atoms with van der Waals surface area (Å²) in [7, 11) is -3.31. The van der Waals surface area contributed by atoms with E-state index >= 15 is 0 Å². The lowest BCUT2D eigenvalue weighted by atomic mass is 10.00. The van der Waals surface area contributed by atoms with Crippen molar-refractivity contribution < 1.29 is 17.9 Å². The maximum absolute atomic E-state index is 12.4. The zero-order valence-electron chi connectivity index (χ0n) is 15.6. The molecular weight excluding hydrogens is 364 g/mol. The number of anilines is 1. The van der Waals surface area contributed by atoms with E-state index in [0.29, 0.717) is 31.1 Å². The van der Waals surface area contributed by atoms with Gasteiger partial charge in [-0.2, -0.15) is 0 Å². The Morgan fingerprint density at radius 2 is 1.78 bits per heavy atom. The van der Waals surface area contributed by atoms with Crippen molar-refractivity contribution in [2.24, 2.45) is 0 Å². The van der Waals surface area contributed by atoms with Gasteiger partial charge in [-0.15, -0.1) is 0 Å². The molecule has 0 fully saturated rings. The van der Waals surface area contributed by atoms with Gasteiger partial charge in [0.15, 0.2) is 6.61 Å². The first-order valence-corrected chi connectivity index (χ1v) is 10.8. The van der Waals surface area contributed by atoms with Crippen molar-refractivity contribution in [2.45, 2.75) is 19.9 Å². The molecule has 27 heavy (non-hydrogen) atoms. The van der Waals surface area contributed by atoms with Crippen molar-refractivity contribution in [2.75, 3.05) is 30.3 Å². The molecule has 2 aromatic carbocycles. The lowest BCUT2D eigenvalue weighted by molar-refractivity contribution is -0.134. The number of hydrogen-bond acceptors (Lipinski definition) is 4. The Labute approximate surface area is 160 Å². The predicted octanol–water partition coefficient (Wildman–Crippen LogP) is 2.44. The van der Waals surface area contributed by atoms with Gasteiger partial charge in [-0.1, -0.05) is 24.3 Å². The maximum Gasteiger partial charge on any atom is 0.260 e. The van der Waals surface area contributed by atoms with Gasteiger partial charge in [-0.25, -0.2) is 8.42 Å². The van der Waals surface area contributed by atoms with Crippen LogP contribution in [0.4, 0.5) is 5.69 Å². The molecule has 0 aromatic heterocycles. The Kier molecular flexibility index (Phi) is 5.70. The van der Waals surface area contributed by atoms with Gasteiger partial charge in [0, 0.05) is 19.6 Å². The number of hydrogen-bond donors (Lipinski definition) is 0. The Bertz CT molecular complexity index is 910. The van der Waals surface area contributed by atoms with E-state index in [2.05, 4.69) is 12.1 Å². The molecule has 1 aliphatic heterocycles. The molecule has 3 rings (SSSR count). The maximum atomic E-state index is 12.4. The predicted molar refractivity (Wildman–Crippen MR) is 105 cm³/mol. The van der Waals surface area contributed by atoms with E-state index in [1.54, 1.807) is 36.1 Å². The minimum absolute atomic E-state index is 0.0366. The highest BCUT2D eigenvalue weighted by Crippen LogP contribution is 2.22. The van der Waals surface area contributed by atoms with E-state index in [1.165, 1.54) is 21.7 Å². The molecule has 1 heterocycles. The first-order valence-electron chi connectivity index (χ1n) is 8.93. The lowest BCUT2D eigenvalue weighted by Gasteiger charge is -2.28. The van der Waals surface area contributed by atoms with Crippen LogP contribution in [0.1, 0.15) is 18.1 Å². The molecule has 0 aliphatic carbocycles. The molecule has 0 N–H and O–H groups in total. The van der Waals surface area contributed by atoms with Crippen LogP contribution < -0.4 is 9.04 Å². The van der Waals surface area contributed by atoms with Crippen LogP contribution in [0.3, 0.4) is 0 Å². The second kappa shape index (κ2) is 8.00. The van der Waals surface area contributed by atoms with Gasteiger partial charge in [0.2, 0.25) is 10.0 Å². The van der Waals surface area contributed by atoms with Gasteiger partial charge in [0.25, 0.3) is 5.91 Å². The number of carbonyl (C=O) groups is 1. The summed E-state index contributed by atoms with van der Waals surface area (Å²) in [5.74, 6) is 0.481. The molecule has 1 aliphatic rings. The minimum atomic E-state index is -3.31. The summed E-state index contributed by atoms with van der Waals surface area (Å²) >= 11 is 0. The quantitative estimate of drug-likeness (QED) is 0.762. The molecule has 6 nitrogen and oxygen atoms in total. The van der Waals surface area contributed by atoms with Gasteiger partial charge < -0.3 is 9.64 Å². The fourth-order valence-electron chi connectivity index (χ4n) is 3.26. The molecule has 0 unspecified atom stereocenters. The number of carbonyl (C=O) groups excluding carboxylic acids is 1. The van der Waals surface area contributed by atoms with Crippen LogP contribution in [0.25, 0.3) is 0 Å². The number of rotatable bonds is 6. The van der Waals surface area contributed by atoms with Crippen molar-refractivity contribution >= 4 is 21.6 Å². The van der Waals surface area contributed by atoms with E-state index in [0.717, 1.165) is 6.42 Å². The first-order chi connectivity index (χ1) is 12.9. The largest absolute Gasteiger partial charge is 0.484 e. The summed E-state index contributed by atoms with van der Waals surface area (Å²) in [5, 5.41) is 0. The van der Waals surface area contributed by atoms with Gasteiger partial charge in [0.1, 0.15) is 5.75 Å². The average molecular weight is 388 g/mol. The summed E-state index contributed by atoms with van der Waals surface area (Å²) < 4.78 is 30.5. The normalized spacial score (nSPS) is 13.8. The number of amides is 1. The van der Waals surface area contributed by atoms with Crippen LogP contribution in [0, 0.1) is 0 Å². The third kappa shape index (κ3) is 4.60. The zero-order chi connectivity index (χ0) is 19.4. The van der Waals surface area contributed by atoms with Crippen LogP contribution in [-0.2, 0) is 27.8 Å². The third-order valence-electron chi connectivity index (χ3n) is 4.66. The fourth-order valence-corrected chi connectivity index (χ4v) is 4.24. The molecular formula is C20H24N2O4S. The van der Waals surface area contributed by atoms with Crippen LogP contribution >= 0.6 is 0 Å². The smallest absolute Gasteiger partial charge is 0.260 e. The van der Waals surface area contributed by atoms with E-state index in [4.69, 9.17) is 4.74 Å². The number of fused-ring (bicyclic) bond motifs is 1. The van der Waals surface area contributed by atoms with Crippen LogP contribution in [0.5, 0.6) is 5.75 Å². The highest BCUT2D eigenvalue weighted by atomic mass is 32.2. The molecule has 0 atom stereocenters. The third-order valence-corrected chi connectivity index (χ3v) is 5.93. The summed E-state index contributed by atoms with van der Waals surface area (Å²) in [6.45, 7) is 3.40. The zero-order valence-corrected chi connectivity index (χ0v) is 16.4. The van der Waals surface area contributed by atoms with Crippen LogP contribution in [0.2, 0.25) is 0 Å². The average Bonchev–Trinajstić information content (AvgIpc) is 2.66. The van der Waals surface area contributed by atoms with Crippen molar-refractivity contribution in [3.05, 3.63) is 59.7 Å². The number of benzene rings is 2. The lowest BCUT2D eigenvalue weighted by Crippen LogP contribution is -2.38. The molecule has 0 bridgehead atoms. The van der Waals surface area contributed by atoms with E-state index < -0.39 is 10.0 Å². The monoisotopic (exact) mass is 388 g/mol. The molecule has 1 amide bonds. The second-order valence-corrected chi connectivity index (χ2v) is 8.45. The molecule has 0 spiro atoms. The molecule has 2 aromatic rings. The summed E-state index contributed by atoms with van der Waals surface area (Å²) in [4.78, 5) is 14.3. The molecule has 0 radical (unpaired) electrons. The SMILES string of the molecule is CCN(c1ccc(OCC(=O)N2CCc3ccccc3C2)cc1)S(C)(=O)=O. The summed E-state index contributed by atoms with van der Waals surface area (Å²) in [5.41, 5.74) is 3.05. The van der Waals surface area contributed by atoms with Gasteiger partial charge in [0.05, 0.1) is 11.9 Å². The van der Waals surface area contributed by atoms with Crippen LogP contribution in [0.15, 0.2) is 48.5 Å². The Balaban J connectivity index is 1.58. The van der Waals surface area contributed by atoms with Gasteiger partial charge in [-0.05, 0) is 48.7 Å². The topological polar surface area (TPSA) is 66.9 Å². The Morgan fingerprint density at radius 3 is 2.41 bits per heavy atom. The second-order valence-electron chi connectivity index (χ2n) is 6.54. The van der Waals surface area contributed by atoms with E-state index in [9.17, 15) is 13.2 Å². The summed E-state index contributed by atoms with van der Waals surface area (Å²) in [6.07, 6.45) is 2.03. The van der Waals surface area contributed by atoms with Crippen molar-refractivity contribution in [1.29, 1.82) is 0 Å². The number of nitrogens with zero attached hydrogens (tertiary/aromatic N) is 2. The van der Waals surface area contributed by atoms with Crippen LogP contribution in [-0.4, -0.2) is 45.2 Å². The minimum Gasteiger partial charge on any atom is -0.484 e. The van der Waals surface area contributed by atoms with Gasteiger partial charge >= 0.3 is 0 Å². The highest BCUT2D eigenvalue weighted by molar-refractivity contribution is 7.92. The molecule has 0 saturated heterocycles. The van der Waals surface area contributed by atoms with Crippen molar-refractivity contribution in [3.63, 3.8) is 0 Å². The highest BCUT2D eigenvalue weighted by Gasteiger charge is 2.21. The fraction of sp³-hybridized carbons (Fsp3) is 0.350. The molecule has 144 valence electrons. The van der Waals surface area contributed by atoms with Crippen molar-refractivity contribution in [3.8, 4) is 5.75 Å². The number of sulfonamides is 1. The number of ether oxygens (including phenoxy) is 1. The Morgan fingerprint density at radius 1 is 1.11 bits per heavy atom. The Hall–Kier alpha value is -2.54. The standard InChI is InChI=1S/C20H24N2O4S/c1-3-22(27(2,24)25)18-8-10-19(11-9-18)26-15-20(23)21-13-12-16-6-4-5-7-17(16)14-21/h4-11H,3,12-15H2,1-2H3.